The van der Waals surface area contributed by atoms with Crippen LogP contribution in [-0.4, -0.2) is 16.0 Å². The zero-order valence-electron chi connectivity index (χ0n) is 13.8. The van der Waals surface area contributed by atoms with E-state index < -0.39 is 0 Å². The number of para-hydroxylation sites is 1. The van der Waals surface area contributed by atoms with Crippen LogP contribution in [0.2, 0.25) is 0 Å². The van der Waals surface area contributed by atoms with Gasteiger partial charge >= 0.3 is 6.03 Å². The molecule has 1 unspecified atom stereocenters. The third kappa shape index (κ3) is 4.78. The number of nitrogens with one attached hydrogen (secondary N) is 3. The number of pyridine rings is 2. The molecule has 1 atom stereocenters. The van der Waals surface area contributed by atoms with Crippen LogP contribution in [0.1, 0.15) is 18.7 Å². The lowest BCUT2D eigenvalue weighted by molar-refractivity contribution is 0.249. The number of carbonyl (C=O) groups is 1. The Morgan fingerprint density at radius 2 is 1.72 bits per heavy atom. The number of anilines is 3. The largest absolute Gasteiger partial charge is 0.354 e. The van der Waals surface area contributed by atoms with E-state index in [4.69, 9.17) is 0 Å². The molecule has 0 aliphatic carbocycles. The van der Waals surface area contributed by atoms with E-state index >= 15 is 0 Å². The first-order valence-corrected chi connectivity index (χ1v) is 7.97. The van der Waals surface area contributed by atoms with E-state index in [0.717, 1.165) is 17.1 Å². The maximum atomic E-state index is 12.1. The lowest BCUT2D eigenvalue weighted by Gasteiger charge is -2.14. The van der Waals surface area contributed by atoms with E-state index in [1.807, 2.05) is 61.5 Å². The number of hydrogen-bond acceptors (Lipinski definition) is 4. The monoisotopic (exact) mass is 333 g/mol. The minimum absolute atomic E-state index is 0.194. The molecule has 0 saturated heterocycles. The smallest absolute Gasteiger partial charge is 0.320 e. The second-order valence-corrected chi connectivity index (χ2v) is 5.50. The average Bonchev–Trinajstić information content (AvgIpc) is 2.65. The van der Waals surface area contributed by atoms with Crippen molar-refractivity contribution in [2.75, 3.05) is 10.6 Å². The molecular formula is C19H19N5O. The van der Waals surface area contributed by atoms with Crippen LogP contribution in [0.3, 0.4) is 0 Å². The normalized spacial score (nSPS) is 11.4. The van der Waals surface area contributed by atoms with E-state index in [2.05, 4.69) is 25.9 Å². The lowest BCUT2D eigenvalue weighted by Crippen LogP contribution is -2.31. The van der Waals surface area contributed by atoms with Gasteiger partial charge in [-0.05, 0) is 43.3 Å². The van der Waals surface area contributed by atoms with Gasteiger partial charge in [0, 0.05) is 11.9 Å². The highest BCUT2D eigenvalue weighted by Gasteiger charge is 2.10. The molecule has 2 heterocycles. The Bertz CT molecular complexity index is 806. The Balaban J connectivity index is 1.55. The van der Waals surface area contributed by atoms with Gasteiger partial charge in [-0.25, -0.2) is 9.78 Å². The quantitative estimate of drug-likeness (QED) is 0.657. The van der Waals surface area contributed by atoms with Crippen LogP contribution in [0.4, 0.5) is 22.0 Å². The number of hydrogen-bond donors (Lipinski definition) is 3. The number of nitrogens with zero attached hydrogens (tertiary/aromatic N) is 2. The molecule has 2 aromatic heterocycles. The van der Waals surface area contributed by atoms with Gasteiger partial charge in [-0.2, -0.15) is 0 Å². The zero-order valence-corrected chi connectivity index (χ0v) is 13.8. The number of aromatic nitrogens is 2. The maximum absolute atomic E-state index is 12.1. The van der Waals surface area contributed by atoms with Gasteiger partial charge in [0.15, 0.2) is 0 Å². The molecule has 0 aliphatic rings. The highest BCUT2D eigenvalue weighted by atomic mass is 16.2. The van der Waals surface area contributed by atoms with E-state index in [1.165, 1.54) is 0 Å². The van der Waals surface area contributed by atoms with E-state index in [0.29, 0.717) is 5.82 Å². The van der Waals surface area contributed by atoms with Crippen molar-refractivity contribution in [1.82, 2.24) is 15.3 Å². The fraction of sp³-hybridized carbons (Fsp3) is 0.105. The number of rotatable bonds is 5. The SMILES string of the molecule is CC(NC(=O)Nc1ccc(Nc2ccccc2)cn1)c1ccccn1. The summed E-state index contributed by atoms with van der Waals surface area (Å²) in [4.78, 5) is 20.5. The van der Waals surface area contributed by atoms with Crippen LogP contribution < -0.4 is 16.0 Å². The van der Waals surface area contributed by atoms with Crippen LogP contribution >= 0.6 is 0 Å². The fourth-order valence-corrected chi connectivity index (χ4v) is 2.28. The summed E-state index contributed by atoms with van der Waals surface area (Å²) in [7, 11) is 0. The third-order valence-electron chi connectivity index (χ3n) is 3.55. The molecule has 3 N–H and O–H groups in total. The summed E-state index contributed by atoms with van der Waals surface area (Å²) in [5, 5.41) is 8.79. The van der Waals surface area contributed by atoms with Gasteiger partial charge in [0.1, 0.15) is 5.82 Å². The van der Waals surface area contributed by atoms with Gasteiger partial charge < -0.3 is 10.6 Å². The van der Waals surface area contributed by atoms with Crippen molar-refractivity contribution < 1.29 is 4.79 Å². The van der Waals surface area contributed by atoms with Gasteiger partial charge in [0.25, 0.3) is 0 Å². The van der Waals surface area contributed by atoms with Crippen LogP contribution in [-0.2, 0) is 0 Å². The van der Waals surface area contributed by atoms with E-state index in [1.54, 1.807) is 18.5 Å². The second kappa shape index (κ2) is 7.92. The summed E-state index contributed by atoms with van der Waals surface area (Å²) in [5.74, 6) is 0.476. The van der Waals surface area contributed by atoms with Crippen molar-refractivity contribution in [2.45, 2.75) is 13.0 Å². The number of amides is 2. The predicted octanol–water partition coefficient (Wildman–Crippen LogP) is 4.10. The van der Waals surface area contributed by atoms with Crippen LogP contribution in [0.25, 0.3) is 0 Å². The molecule has 6 heteroatoms. The van der Waals surface area contributed by atoms with Crippen molar-refractivity contribution in [3.8, 4) is 0 Å². The van der Waals surface area contributed by atoms with Crippen LogP contribution in [0.15, 0.2) is 73.1 Å². The molecule has 0 fully saturated rings. The van der Waals surface area contributed by atoms with Crippen molar-refractivity contribution in [3.05, 3.63) is 78.8 Å². The summed E-state index contributed by atoms with van der Waals surface area (Å²) >= 11 is 0. The Morgan fingerprint density at radius 3 is 2.40 bits per heavy atom. The van der Waals surface area contributed by atoms with Gasteiger partial charge in [-0.3, -0.25) is 10.3 Å². The highest BCUT2D eigenvalue weighted by molar-refractivity contribution is 5.88. The minimum atomic E-state index is -0.325. The third-order valence-corrected chi connectivity index (χ3v) is 3.55. The minimum Gasteiger partial charge on any atom is -0.354 e. The van der Waals surface area contributed by atoms with Crippen LogP contribution in [0, 0.1) is 0 Å². The molecule has 3 rings (SSSR count). The Morgan fingerprint density at radius 1 is 0.920 bits per heavy atom. The summed E-state index contributed by atoms with van der Waals surface area (Å²) < 4.78 is 0. The van der Waals surface area contributed by atoms with Crippen molar-refractivity contribution in [3.63, 3.8) is 0 Å². The maximum Gasteiger partial charge on any atom is 0.320 e. The van der Waals surface area contributed by atoms with Crippen LogP contribution in [0.5, 0.6) is 0 Å². The Kier molecular flexibility index (Phi) is 5.21. The zero-order chi connectivity index (χ0) is 17.5. The molecule has 0 aliphatic heterocycles. The lowest BCUT2D eigenvalue weighted by atomic mass is 10.2. The number of benzene rings is 1. The van der Waals surface area contributed by atoms with Gasteiger partial charge in [-0.15, -0.1) is 0 Å². The molecule has 0 spiro atoms. The van der Waals surface area contributed by atoms with Crippen molar-refractivity contribution in [2.24, 2.45) is 0 Å². The number of carbonyl (C=O) groups excluding carboxylic acids is 1. The Hall–Kier alpha value is -3.41. The van der Waals surface area contributed by atoms with E-state index in [-0.39, 0.29) is 12.1 Å². The predicted molar refractivity (Wildman–Crippen MR) is 98.8 cm³/mol. The fourth-order valence-electron chi connectivity index (χ4n) is 2.28. The van der Waals surface area contributed by atoms with Crippen molar-refractivity contribution in [1.29, 1.82) is 0 Å². The standard InChI is InChI=1S/C19H19N5O/c1-14(17-9-5-6-12-20-17)22-19(25)24-18-11-10-16(13-21-18)23-15-7-3-2-4-8-15/h2-14,23H,1H3,(H2,21,22,24,25). The molecule has 0 saturated carbocycles. The van der Waals surface area contributed by atoms with Crippen molar-refractivity contribution >= 4 is 23.2 Å². The van der Waals surface area contributed by atoms with Gasteiger partial charge in [-0.1, -0.05) is 24.3 Å². The first-order valence-electron chi connectivity index (χ1n) is 7.97. The van der Waals surface area contributed by atoms with E-state index in [9.17, 15) is 4.79 Å². The average molecular weight is 333 g/mol. The molecule has 0 radical (unpaired) electrons. The first-order chi connectivity index (χ1) is 12.2. The molecule has 2 amide bonds. The summed E-state index contributed by atoms with van der Waals surface area (Å²) in [6.07, 6.45) is 3.37. The first kappa shape index (κ1) is 16.4. The molecular weight excluding hydrogens is 314 g/mol. The Labute approximate surface area is 146 Å². The molecule has 25 heavy (non-hydrogen) atoms. The summed E-state index contributed by atoms with van der Waals surface area (Å²) in [6, 6.07) is 18.5. The van der Waals surface area contributed by atoms with Gasteiger partial charge in [0.2, 0.25) is 0 Å². The number of urea groups is 1. The molecule has 6 nitrogen and oxygen atoms in total. The van der Waals surface area contributed by atoms with Gasteiger partial charge in [0.05, 0.1) is 23.6 Å². The highest BCUT2D eigenvalue weighted by Crippen LogP contribution is 2.16. The topological polar surface area (TPSA) is 78.9 Å². The second-order valence-electron chi connectivity index (χ2n) is 5.50. The molecule has 3 aromatic rings. The summed E-state index contributed by atoms with van der Waals surface area (Å²) in [6.45, 7) is 1.88. The summed E-state index contributed by atoms with van der Waals surface area (Å²) in [5.41, 5.74) is 2.62. The molecule has 0 bridgehead atoms. The molecule has 126 valence electrons. The molecule has 1 aromatic carbocycles.